The van der Waals surface area contributed by atoms with Crippen LogP contribution in [0.5, 0.6) is 0 Å². The molecule has 2 aliphatic heterocycles. The Labute approximate surface area is 115 Å². The lowest BCUT2D eigenvalue weighted by Gasteiger charge is -2.37. The fraction of sp³-hybridized carbons (Fsp3) is 0.625. The van der Waals surface area contributed by atoms with Crippen LogP contribution in [0.2, 0.25) is 0 Å². The second-order valence-corrected chi connectivity index (χ2v) is 6.08. The third-order valence-electron chi connectivity index (χ3n) is 4.46. The Morgan fingerprint density at radius 2 is 1.95 bits per heavy atom. The second-order valence-electron chi connectivity index (χ2n) is 6.08. The summed E-state index contributed by atoms with van der Waals surface area (Å²) in [5.74, 6) is 2.50. The van der Waals surface area contributed by atoms with Gasteiger partial charge >= 0.3 is 0 Å². The van der Waals surface area contributed by atoms with E-state index in [2.05, 4.69) is 42.8 Å². The smallest absolute Gasteiger partial charge is 0.133 e. The van der Waals surface area contributed by atoms with E-state index in [-0.39, 0.29) is 0 Å². The normalized spacial score (nSPS) is 26.1. The van der Waals surface area contributed by atoms with Crippen LogP contribution in [0.1, 0.15) is 58.2 Å². The van der Waals surface area contributed by atoms with E-state index in [4.69, 9.17) is 4.98 Å². The maximum Gasteiger partial charge on any atom is 0.133 e. The molecule has 0 aliphatic carbocycles. The molecule has 1 aromatic heterocycles. The van der Waals surface area contributed by atoms with E-state index in [0.717, 1.165) is 11.6 Å². The van der Waals surface area contributed by atoms with Gasteiger partial charge in [0.1, 0.15) is 11.6 Å². The highest BCUT2D eigenvalue weighted by atomic mass is 15.3. The average Bonchev–Trinajstić information content (AvgIpc) is 2.69. The van der Waals surface area contributed by atoms with Gasteiger partial charge in [-0.25, -0.2) is 9.97 Å². The largest absolute Gasteiger partial charge is 0.350 e. The Kier molecular flexibility index (Phi) is 3.29. The van der Waals surface area contributed by atoms with Crippen LogP contribution in [0, 0.1) is 0 Å². The van der Waals surface area contributed by atoms with Gasteiger partial charge in [-0.2, -0.15) is 0 Å². The van der Waals surface area contributed by atoms with Gasteiger partial charge < -0.3 is 4.90 Å². The van der Waals surface area contributed by atoms with Gasteiger partial charge in [-0.15, -0.1) is 0 Å². The monoisotopic (exact) mass is 257 g/mol. The average molecular weight is 257 g/mol. The molecule has 0 spiro atoms. The summed E-state index contributed by atoms with van der Waals surface area (Å²) in [6.07, 6.45) is 9.28. The second kappa shape index (κ2) is 4.95. The third-order valence-corrected chi connectivity index (χ3v) is 4.46. The molecule has 1 aromatic rings. The highest BCUT2D eigenvalue weighted by Crippen LogP contribution is 2.40. The maximum atomic E-state index is 4.78. The van der Waals surface area contributed by atoms with Crippen LogP contribution in [0.15, 0.2) is 23.9 Å². The van der Waals surface area contributed by atoms with Crippen molar-refractivity contribution in [1.29, 1.82) is 0 Å². The van der Waals surface area contributed by atoms with Crippen molar-refractivity contribution in [3.05, 3.63) is 29.7 Å². The van der Waals surface area contributed by atoms with Crippen molar-refractivity contribution in [1.82, 2.24) is 9.97 Å². The van der Waals surface area contributed by atoms with Crippen molar-refractivity contribution in [3.63, 3.8) is 0 Å². The predicted molar refractivity (Wildman–Crippen MR) is 78.4 cm³/mol. The van der Waals surface area contributed by atoms with E-state index < -0.39 is 0 Å². The Balaban J connectivity index is 1.89. The van der Waals surface area contributed by atoms with E-state index in [0.29, 0.717) is 18.0 Å². The topological polar surface area (TPSA) is 29.0 Å². The Hall–Kier alpha value is -1.38. The number of hydrogen-bond acceptors (Lipinski definition) is 3. The van der Waals surface area contributed by atoms with Crippen molar-refractivity contribution in [2.45, 2.75) is 64.5 Å². The number of fused-ring (bicyclic) bond motifs is 2. The molecule has 0 saturated carbocycles. The molecule has 0 amide bonds. The number of aromatic nitrogens is 2. The van der Waals surface area contributed by atoms with Gasteiger partial charge in [-0.3, -0.25) is 0 Å². The molecule has 2 fully saturated rings. The number of hydrogen-bond donors (Lipinski definition) is 0. The summed E-state index contributed by atoms with van der Waals surface area (Å²) in [4.78, 5) is 11.7. The predicted octanol–water partition coefficient (Wildman–Crippen LogP) is 3.68. The zero-order valence-corrected chi connectivity index (χ0v) is 12.1. The fourth-order valence-corrected chi connectivity index (χ4v) is 3.45. The van der Waals surface area contributed by atoms with Gasteiger partial charge in [-0.1, -0.05) is 25.5 Å². The van der Waals surface area contributed by atoms with Crippen LogP contribution in [0.4, 0.5) is 5.82 Å². The Morgan fingerprint density at radius 1 is 1.26 bits per heavy atom. The molecular weight excluding hydrogens is 234 g/mol. The maximum absolute atomic E-state index is 4.78. The molecule has 3 heteroatoms. The van der Waals surface area contributed by atoms with Gasteiger partial charge in [0.05, 0.1) is 0 Å². The van der Waals surface area contributed by atoms with Crippen molar-refractivity contribution in [2.75, 3.05) is 4.90 Å². The van der Waals surface area contributed by atoms with Gasteiger partial charge in [0.25, 0.3) is 0 Å². The van der Waals surface area contributed by atoms with Crippen LogP contribution >= 0.6 is 0 Å². The summed E-state index contributed by atoms with van der Waals surface area (Å²) in [7, 11) is 0. The number of anilines is 1. The van der Waals surface area contributed by atoms with E-state index in [9.17, 15) is 0 Å². The Bertz CT molecular complexity index is 477. The standard InChI is InChI=1S/C16H23N3/c1-4-12-9-13-5-6-14(10-12)19(13)15-7-8-17-16(18-15)11(2)3/h4,7-8,11,13-14H,5-6,9-10H2,1-3H3. The zero-order valence-electron chi connectivity index (χ0n) is 12.1. The van der Waals surface area contributed by atoms with E-state index >= 15 is 0 Å². The van der Waals surface area contributed by atoms with Crippen molar-refractivity contribution >= 4 is 5.82 Å². The zero-order chi connectivity index (χ0) is 13.4. The molecule has 2 bridgehead atoms. The molecule has 2 aliphatic rings. The highest BCUT2D eigenvalue weighted by molar-refractivity contribution is 5.45. The van der Waals surface area contributed by atoms with Crippen LogP contribution in [0.25, 0.3) is 0 Å². The molecule has 19 heavy (non-hydrogen) atoms. The summed E-state index contributed by atoms with van der Waals surface area (Å²) >= 11 is 0. The number of allylic oxidation sites excluding steroid dienone is 1. The molecule has 102 valence electrons. The van der Waals surface area contributed by atoms with Crippen molar-refractivity contribution < 1.29 is 0 Å². The van der Waals surface area contributed by atoms with Crippen LogP contribution in [-0.2, 0) is 0 Å². The molecule has 3 heterocycles. The molecule has 2 saturated heterocycles. The minimum atomic E-state index is 0.397. The van der Waals surface area contributed by atoms with E-state index in [1.807, 2.05) is 6.20 Å². The third kappa shape index (κ3) is 2.26. The lowest BCUT2D eigenvalue weighted by atomic mass is 9.96. The first kappa shape index (κ1) is 12.6. The van der Waals surface area contributed by atoms with Crippen LogP contribution in [-0.4, -0.2) is 22.1 Å². The van der Waals surface area contributed by atoms with E-state index in [1.54, 1.807) is 5.57 Å². The quantitative estimate of drug-likeness (QED) is 0.757. The van der Waals surface area contributed by atoms with Gasteiger partial charge in [-0.05, 0) is 38.7 Å². The molecular formula is C16H23N3. The van der Waals surface area contributed by atoms with Gasteiger partial charge in [0, 0.05) is 24.2 Å². The summed E-state index contributed by atoms with van der Waals surface area (Å²) in [6.45, 7) is 6.48. The lowest BCUT2D eigenvalue weighted by Crippen LogP contribution is -2.41. The first-order valence-electron chi connectivity index (χ1n) is 7.44. The number of nitrogens with zero attached hydrogens (tertiary/aromatic N) is 3. The highest BCUT2D eigenvalue weighted by Gasteiger charge is 2.39. The molecule has 2 unspecified atom stereocenters. The summed E-state index contributed by atoms with van der Waals surface area (Å²) < 4.78 is 0. The number of rotatable bonds is 2. The minimum absolute atomic E-state index is 0.397. The fourth-order valence-electron chi connectivity index (χ4n) is 3.45. The van der Waals surface area contributed by atoms with Gasteiger partial charge in [0.15, 0.2) is 0 Å². The molecule has 0 N–H and O–H groups in total. The number of piperidine rings is 1. The minimum Gasteiger partial charge on any atom is -0.350 e. The van der Waals surface area contributed by atoms with Crippen molar-refractivity contribution in [3.8, 4) is 0 Å². The van der Waals surface area contributed by atoms with E-state index in [1.165, 1.54) is 25.7 Å². The van der Waals surface area contributed by atoms with Gasteiger partial charge in [0.2, 0.25) is 0 Å². The van der Waals surface area contributed by atoms with Crippen LogP contribution < -0.4 is 4.90 Å². The summed E-state index contributed by atoms with van der Waals surface area (Å²) in [6, 6.07) is 3.39. The SMILES string of the molecule is CC=C1CC2CCC(C1)N2c1ccnc(C(C)C)n1. The lowest BCUT2D eigenvalue weighted by molar-refractivity contribution is 0.541. The first-order chi connectivity index (χ1) is 9.19. The molecule has 0 radical (unpaired) electrons. The molecule has 2 atom stereocenters. The van der Waals surface area contributed by atoms with Crippen LogP contribution in [0.3, 0.4) is 0 Å². The summed E-state index contributed by atoms with van der Waals surface area (Å²) in [5.41, 5.74) is 1.63. The molecule has 0 aromatic carbocycles. The summed E-state index contributed by atoms with van der Waals surface area (Å²) in [5, 5.41) is 0. The Morgan fingerprint density at radius 3 is 2.53 bits per heavy atom. The first-order valence-corrected chi connectivity index (χ1v) is 7.44. The molecule has 3 rings (SSSR count). The molecule has 3 nitrogen and oxygen atoms in total. The van der Waals surface area contributed by atoms with Crippen molar-refractivity contribution in [2.24, 2.45) is 0 Å².